The van der Waals surface area contributed by atoms with Crippen LogP contribution in [0.4, 0.5) is 0 Å². The third-order valence-corrected chi connectivity index (χ3v) is 4.11. The maximum absolute atomic E-state index is 12.0. The number of carboxylic acid groups (broad SMARTS) is 2. The van der Waals surface area contributed by atoms with Crippen molar-refractivity contribution in [3.8, 4) is 5.75 Å². The fourth-order valence-corrected chi connectivity index (χ4v) is 2.78. The molecular formula is C19H28N2O6. The second-order valence-electron chi connectivity index (χ2n) is 6.68. The first kappa shape index (κ1) is 22.4. The summed E-state index contributed by atoms with van der Waals surface area (Å²) in [6, 6.07) is 8.42. The van der Waals surface area contributed by atoms with Crippen molar-refractivity contribution in [2.45, 2.75) is 39.3 Å². The first-order valence-electron chi connectivity index (χ1n) is 8.84. The molecule has 0 atom stereocenters. The zero-order valence-electron chi connectivity index (χ0n) is 16.0. The van der Waals surface area contributed by atoms with Crippen LogP contribution in [0.1, 0.15) is 32.3 Å². The molecule has 1 heterocycles. The molecule has 3 N–H and O–H groups in total. The van der Waals surface area contributed by atoms with Gasteiger partial charge in [0.1, 0.15) is 5.75 Å². The number of nitrogens with zero attached hydrogens (tertiary/aromatic N) is 1. The van der Waals surface area contributed by atoms with E-state index < -0.39 is 11.9 Å². The van der Waals surface area contributed by atoms with Crippen LogP contribution in [0.25, 0.3) is 0 Å². The van der Waals surface area contributed by atoms with E-state index in [0.717, 1.165) is 38.2 Å². The Morgan fingerprint density at radius 1 is 1.19 bits per heavy atom. The zero-order valence-corrected chi connectivity index (χ0v) is 16.0. The summed E-state index contributed by atoms with van der Waals surface area (Å²) >= 11 is 0. The second kappa shape index (κ2) is 11.2. The number of likely N-dealkylation sites (tertiary alicyclic amines) is 1. The van der Waals surface area contributed by atoms with Crippen molar-refractivity contribution >= 4 is 17.8 Å². The molecule has 1 saturated heterocycles. The molecule has 0 unspecified atom stereocenters. The number of rotatable bonds is 5. The maximum atomic E-state index is 12.0. The average molecular weight is 380 g/mol. The molecular weight excluding hydrogens is 352 g/mol. The minimum absolute atomic E-state index is 0.175. The van der Waals surface area contributed by atoms with Crippen LogP contribution < -0.4 is 10.1 Å². The van der Waals surface area contributed by atoms with Gasteiger partial charge in [0.15, 0.2) is 0 Å². The molecule has 8 nitrogen and oxygen atoms in total. The minimum atomic E-state index is -1.82. The van der Waals surface area contributed by atoms with Crippen molar-refractivity contribution in [3.63, 3.8) is 0 Å². The van der Waals surface area contributed by atoms with Gasteiger partial charge in [0.05, 0.1) is 7.11 Å². The summed E-state index contributed by atoms with van der Waals surface area (Å²) in [4.78, 5) is 32.6. The first-order chi connectivity index (χ1) is 12.7. The van der Waals surface area contributed by atoms with E-state index in [0.29, 0.717) is 0 Å². The van der Waals surface area contributed by atoms with Crippen molar-refractivity contribution in [2.75, 3.05) is 20.2 Å². The fraction of sp³-hybridized carbons (Fsp3) is 0.526. The Bertz CT molecular complexity index is 627. The van der Waals surface area contributed by atoms with Gasteiger partial charge in [-0.3, -0.25) is 9.69 Å². The summed E-state index contributed by atoms with van der Waals surface area (Å²) < 4.78 is 5.26. The highest BCUT2D eigenvalue weighted by atomic mass is 16.5. The van der Waals surface area contributed by atoms with E-state index >= 15 is 0 Å². The van der Waals surface area contributed by atoms with E-state index in [2.05, 4.69) is 22.3 Å². The average Bonchev–Trinajstić information content (AvgIpc) is 2.62. The van der Waals surface area contributed by atoms with E-state index in [-0.39, 0.29) is 17.9 Å². The Morgan fingerprint density at radius 3 is 2.26 bits per heavy atom. The summed E-state index contributed by atoms with van der Waals surface area (Å²) in [6.07, 6.45) is 1.89. The van der Waals surface area contributed by atoms with Crippen molar-refractivity contribution < 1.29 is 29.3 Å². The van der Waals surface area contributed by atoms with Crippen molar-refractivity contribution in [2.24, 2.45) is 5.92 Å². The number of nitrogens with one attached hydrogen (secondary N) is 1. The van der Waals surface area contributed by atoms with Gasteiger partial charge in [-0.2, -0.15) is 0 Å². The largest absolute Gasteiger partial charge is 0.497 e. The number of benzene rings is 1. The first-order valence-corrected chi connectivity index (χ1v) is 8.84. The van der Waals surface area contributed by atoms with Crippen molar-refractivity contribution in [3.05, 3.63) is 29.8 Å². The summed E-state index contributed by atoms with van der Waals surface area (Å²) in [5, 5.41) is 17.8. The SMILES string of the molecule is COc1cccc(CN2CCC(C(=O)NC(C)C)CC2)c1.O=C(O)C(=O)O. The van der Waals surface area contributed by atoms with Crippen LogP contribution in [0.3, 0.4) is 0 Å². The Kier molecular flexibility index (Phi) is 9.29. The quantitative estimate of drug-likeness (QED) is 0.664. The summed E-state index contributed by atoms with van der Waals surface area (Å²) in [6.45, 7) is 6.90. The molecule has 2 rings (SSSR count). The third-order valence-electron chi connectivity index (χ3n) is 4.11. The van der Waals surface area contributed by atoms with Gasteiger partial charge in [-0.15, -0.1) is 0 Å². The Labute approximate surface area is 159 Å². The Morgan fingerprint density at radius 2 is 1.78 bits per heavy atom. The lowest BCUT2D eigenvalue weighted by molar-refractivity contribution is -0.159. The van der Waals surface area contributed by atoms with Crippen LogP contribution in [0, 0.1) is 5.92 Å². The van der Waals surface area contributed by atoms with Gasteiger partial charge < -0.3 is 20.3 Å². The van der Waals surface area contributed by atoms with E-state index in [4.69, 9.17) is 24.5 Å². The molecule has 0 aromatic heterocycles. The normalized spacial score (nSPS) is 14.8. The van der Waals surface area contributed by atoms with Gasteiger partial charge in [0, 0.05) is 18.5 Å². The van der Waals surface area contributed by atoms with Gasteiger partial charge in [-0.05, 0) is 57.5 Å². The van der Waals surface area contributed by atoms with Crippen LogP contribution in [-0.4, -0.2) is 59.2 Å². The molecule has 8 heteroatoms. The number of amides is 1. The summed E-state index contributed by atoms with van der Waals surface area (Å²) in [5.74, 6) is -2.36. The third kappa shape index (κ3) is 8.54. The number of aliphatic carboxylic acids is 2. The summed E-state index contributed by atoms with van der Waals surface area (Å²) in [5.41, 5.74) is 1.26. The topological polar surface area (TPSA) is 116 Å². The van der Waals surface area contributed by atoms with Crippen LogP contribution in [0.15, 0.2) is 24.3 Å². The number of hydrogen-bond donors (Lipinski definition) is 3. The van der Waals surface area contributed by atoms with Crippen LogP contribution in [-0.2, 0) is 20.9 Å². The highest BCUT2D eigenvalue weighted by molar-refractivity contribution is 6.27. The molecule has 0 spiro atoms. The monoisotopic (exact) mass is 380 g/mol. The molecule has 1 aromatic carbocycles. The van der Waals surface area contributed by atoms with Gasteiger partial charge in [-0.1, -0.05) is 12.1 Å². The molecule has 27 heavy (non-hydrogen) atoms. The lowest BCUT2D eigenvalue weighted by Gasteiger charge is -2.31. The predicted octanol–water partition coefficient (Wildman–Crippen LogP) is 1.59. The molecule has 0 aliphatic carbocycles. The highest BCUT2D eigenvalue weighted by Crippen LogP contribution is 2.21. The fourth-order valence-electron chi connectivity index (χ4n) is 2.78. The number of carbonyl (C=O) groups is 3. The number of methoxy groups -OCH3 is 1. The molecule has 150 valence electrons. The van der Waals surface area contributed by atoms with Crippen LogP contribution in [0.2, 0.25) is 0 Å². The van der Waals surface area contributed by atoms with Crippen molar-refractivity contribution in [1.82, 2.24) is 10.2 Å². The highest BCUT2D eigenvalue weighted by Gasteiger charge is 2.25. The number of ether oxygens (including phenoxy) is 1. The number of carboxylic acids is 2. The van der Waals surface area contributed by atoms with E-state index in [9.17, 15) is 4.79 Å². The molecule has 1 amide bonds. The van der Waals surface area contributed by atoms with E-state index in [1.165, 1.54) is 5.56 Å². The number of piperidine rings is 1. The standard InChI is InChI=1S/C17H26N2O2.C2H2O4/c1-13(2)18-17(20)15-7-9-19(10-8-15)12-14-5-4-6-16(11-14)21-3;3-1(4)2(5)6/h4-6,11,13,15H,7-10,12H2,1-3H3,(H,18,20);(H,3,4)(H,5,6). The Hall–Kier alpha value is -2.61. The number of hydrogen-bond acceptors (Lipinski definition) is 5. The lowest BCUT2D eigenvalue weighted by Crippen LogP contribution is -2.42. The molecule has 1 fully saturated rings. The van der Waals surface area contributed by atoms with Crippen LogP contribution >= 0.6 is 0 Å². The van der Waals surface area contributed by atoms with E-state index in [1.54, 1.807) is 7.11 Å². The lowest BCUT2D eigenvalue weighted by atomic mass is 9.95. The Balaban J connectivity index is 0.000000527. The molecule has 1 aromatic rings. The van der Waals surface area contributed by atoms with Crippen molar-refractivity contribution in [1.29, 1.82) is 0 Å². The van der Waals surface area contributed by atoms with E-state index in [1.807, 2.05) is 26.0 Å². The molecule has 1 aliphatic heterocycles. The van der Waals surface area contributed by atoms with Crippen LogP contribution in [0.5, 0.6) is 5.75 Å². The molecule has 0 saturated carbocycles. The molecule has 1 aliphatic rings. The smallest absolute Gasteiger partial charge is 0.414 e. The second-order valence-corrected chi connectivity index (χ2v) is 6.68. The summed E-state index contributed by atoms with van der Waals surface area (Å²) in [7, 11) is 1.69. The van der Waals surface area contributed by atoms with Gasteiger partial charge in [0.2, 0.25) is 5.91 Å². The predicted molar refractivity (Wildman–Crippen MR) is 99.5 cm³/mol. The minimum Gasteiger partial charge on any atom is -0.497 e. The molecule has 0 radical (unpaired) electrons. The van der Waals surface area contributed by atoms with Gasteiger partial charge >= 0.3 is 11.9 Å². The zero-order chi connectivity index (χ0) is 20.4. The maximum Gasteiger partial charge on any atom is 0.414 e. The molecule has 0 bridgehead atoms. The van der Waals surface area contributed by atoms with Gasteiger partial charge in [-0.25, -0.2) is 9.59 Å². The number of carbonyl (C=O) groups excluding carboxylic acids is 1. The van der Waals surface area contributed by atoms with Gasteiger partial charge in [0.25, 0.3) is 0 Å².